The third kappa shape index (κ3) is 5.02. The van der Waals surface area contributed by atoms with Crippen LogP contribution < -0.4 is 19.7 Å². The normalized spacial score (nSPS) is 15.7. The second kappa shape index (κ2) is 9.00. The van der Waals surface area contributed by atoms with Gasteiger partial charge in [0.15, 0.2) is 11.5 Å². The Bertz CT molecular complexity index is 1110. The maximum atomic E-state index is 13.3. The highest BCUT2D eigenvalue weighted by Gasteiger charge is 2.32. The summed E-state index contributed by atoms with van der Waals surface area (Å²) >= 11 is 0. The summed E-state index contributed by atoms with van der Waals surface area (Å²) in [5.74, 6) is -0.205. The first-order valence-electron chi connectivity index (χ1n) is 10.3. The van der Waals surface area contributed by atoms with E-state index in [9.17, 15) is 28.1 Å². The van der Waals surface area contributed by atoms with Gasteiger partial charge in [-0.05, 0) is 49.6 Å². The average molecular weight is 463 g/mol. The highest BCUT2D eigenvalue weighted by Crippen LogP contribution is 2.39. The Morgan fingerprint density at radius 3 is 2.45 bits per heavy atom. The van der Waals surface area contributed by atoms with Crippen LogP contribution in [0, 0.1) is 10.1 Å². The Hall–Kier alpha value is -3.76. The van der Waals surface area contributed by atoms with Crippen molar-refractivity contribution in [2.45, 2.75) is 25.4 Å². The van der Waals surface area contributed by atoms with Crippen LogP contribution in [-0.2, 0) is 11.0 Å². The fourth-order valence-corrected chi connectivity index (χ4v) is 3.80. The van der Waals surface area contributed by atoms with Gasteiger partial charge in [-0.3, -0.25) is 14.9 Å². The number of nitro groups is 1. The van der Waals surface area contributed by atoms with Crippen molar-refractivity contribution in [3.8, 4) is 11.5 Å². The van der Waals surface area contributed by atoms with Gasteiger partial charge in [0, 0.05) is 19.2 Å². The van der Waals surface area contributed by atoms with Crippen molar-refractivity contribution >= 4 is 29.0 Å². The van der Waals surface area contributed by atoms with Crippen LogP contribution in [0.2, 0.25) is 0 Å². The lowest BCUT2D eigenvalue weighted by atomic mass is 10.1. The summed E-state index contributed by atoms with van der Waals surface area (Å²) in [4.78, 5) is 25.3. The number of nitro benzene ring substituents is 1. The maximum Gasteiger partial charge on any atom is 0.416 e. The molecule has 0 unspecified atom stereocenters. The number of carbonyl (C=O) groups is 1. The first-order valence-corrected chi connectivity index (χ1v) is 10.3. The molecule has 0 spiro atoms. The number of nitrogens with one attached hydrogen (secondary N) is 1. The number of fused-ring (bicyclic) bond motifs is 1. The molecule has 4 rings (SSSR count). The van der Waals surface area contributed by atoms with Crippen molar-refractivity contribution in [3.63, 3.8) is 0 Å². The minimum Gasteiger partial charge on any atom is -0.454 e. The molecule has 174 valence electrons. The molecule has 2 aromatic carbocycles. The molecule has 0 bridgehead atoms. The van der Waals surface area contributed by atoms with Gasteiger partial charge in [-0.25, -0.2) is 0 Å². The first-order chi connectivity index (χ1) is 15.7. The van der Waals surface area contributed by atoms with E-state index in [0.29, 0.717) is 24.5 Å². The molecule has 0 aliphatic carbocycles. The molecule has 33 heavy (non-hydrogen) atoms. The van der Waals surface area contributed by atoms with Crippen molar-refractivity contribution in [1.82, 2.24) is 0 Å². The first kappa shape index (κ1) is 22.4. The Kier molecular flexibility index (Phi) is 6.12. The number of hydrogen-bond acceptors (Lipinski definition) is 6. The van der Waals surface area contributed by atoms with E-state index in [1.54, 1.807) is 0 Å². The summed E-state index contributed by atoms with van der Waals surface area (Å²) < 4.78 is 50.1. The predicted octanol–water partition coefficient (Wildman–Crippen LogP) is 4.98. The van der Waals surface area contributed by atoms with E-state index in [0.717, 1.165) is 37.5 Å². The number of anilines is 2. The number of amides is 1. The fraction of sp³-hybridized carbons (Fsp3) is 0.318. The zero-order chi connectivity index (χ0) is 23.6. The van der Waals surface area contributed by atoms with Crippen molar-refractivity contribution in [2.24, 2.45) is 0 Å². The van der Waals surface area contributed by atoms with Crippen molar-refractivity contribution in [2.75, 3.05) is 30.1 Å². The lowest BCUT2D eigenvalue weighted by Gasteiger charge is -2.31. The van der Waals surface area contributed by atoms with Crippen LogP contribution in [0.25, 0.3) is 6.08 Å². The molecule has 1 fully saturated rings. The lowest BCUT2D eigenvalue weighted by Crippen LogP contribution is -2.30. The maximum absolute atomic E-state index is 13.3. The second-order valence-corrected chi connectivity index (χ2v) is 7.62. The van der Waals surface area contributed by atoms with Crippen LogP contribution in [-0.4, -0.2) is 30.7 Å². The number of benzene rings is 2. The smallest absolute Gasteiger partial charge is 0.416 e. The molecular weight excluding hydrogens is 443 g/mol. The average Bonchev–Trinajstić information content (AvgIpc) is 3.24. The molecule has 2 aromatic rings. The summed E-state index contributed by atoms with van der Waals surface area (Å²) in [6.45, 7) is 1.27. The molecule has 1 amide bonds. The van der Waals surface area contributed by atoms with Crippen LogP contribution in [0.3, 0.4) is 0 Å². The fourth-order valence-electron chi connectivity index (χ4n) is 3.80. The van der Waals surface area contributed by atoms with Gasteiger partial charge >= 0.3 is 6.18 Å². The molecule has 1 saturated heterocycles. The largest absolute Gasteiger partial charge is 0.454 e. The van der Waals surface area contributed by atoms with Crippen molar-refractivity contribution in [3.05, 3.63) is 57.6 Å². The van der Waals surface area contributed by atoms with Crippen molar-refractivity contribution < 1.29 is 32.4 Å². The van der Waals surface area contributed by atoms with Gasteiger partial charge in [0.1, 0.15) is 0 Å². The van der Waals surface area contributed by atoms with E-state index in [1.165, 1.54) is 24.3 Å². The summed E-state index contributed by atoms with van der Waals surface area (Å²) in [6, 6.07) is 5.81. The molecule has 2 aliphatic rings. The highest BCUT2D eigenvalue weighted by atomic mass is 19.4. The number of ether oxygens (including phenoxy) is 2. The zero-order valence-electron chi connectivity index (χ0n) is 17.4. The second-order valence-electron chi connectivity index (χ2n) is 7.62. The van der Waals surface area contributed by atoms with Crippen LogP contribution in [0.1, 0.15) is 30.4 Å². The lowest BCUT2D eigenvalue weighted by molar-refractivity contribution is -0.385. The van der Waals surface area contributed by atoms with Gasteiger partial charge in [-0.15, -0.1) is 0 Å². The van der Waals surface area contributed by atoms with Gasteiger partial charge < -0.3 is 19.7 Å². The van der Waals surface area contributed by atoms with Crippen LogP contribution in [0.4, 0.5) is 30.2 Å². The predicted molar refractivity (Wildman–Crippen MR) is 114 cm³/mol. The highest BCUT2D eigenvalue weighted by molar-refractivity contribution is 6.04. The summed E-state index contributed by atoms with van der Waals surface area (Å²) in [6.07, 6.45) is 0.525. The number of carbonyl (C=O) groups excluding carboxylic acids is 1. The molecule has 8 nitrogen and oxygen atoms in total. The van der Waals surface area contributed by atoms with Crippen LogP contribution >= 0.6 is 0 Å². The molecule has 0 saturated carbocycles. The number of hydrogen-bond donors (Lipinski definition) is 1. The zero-order valence-corrected chi connectivity index (χ0v) is 17.4. The molecule has 11 heteroatoms. The van der Waals surface area contributed by atoms with Crippen LogP contribution in [0.5, 0.6) is 11.5 Å². The summed E-state index contributed by atoms with van der Waals surface area (Å²) in [5, 5.41) is 13.9. The monoisotopic (exact) mass is 463 g/mol. The van der Waals surface area contributed by atoms with E-state index in [2.05, 4.69) is 5.32 Å². The van der Waals surface area contributed by atoms with E-state index >= 15 is 0 Å². The van der Waals surface area contributed by atoms with E-state index in [1.807, 2.05) is 4.90 Å². The van der Waals surface area contributed by atoms with E-state index in [-0.39, 0.29) is 29.5 Å². The van der Waals surface area contributed by atoms with E-state index < -0.39 is 22.6 Å². The molecule has 0 aromatic heterocycles. The van der Waals surface area contributed by atoms with Gasteiger partial charge in [-0.2, -0.15) is 13.2 Å². The van der Waals surface area contributed by atoms with Crippen molar-refractivity contribution in [1.29, 1.82) is 0 Å². The third-order valence-corrected chi connectivity index (χ3v) is 5.41. The number of alkyl halides is 3. The molecule has 2 aliphatic heterocycles. The number of rotatable bonds is 5. The van der Waals surface area contributed by atoms with E-state index in [4.69, 9.17) is 9.47 Å². The standard InChI is InChI=1S/C22H20F3N3O5/c23-22(24,25)15-5-6-17(27-8-2-1-3-9-27)16(11-15)26-21(29)7-4-14-10-19-20(33-13-32-19)12-18(14)28(30)31/h4-7,10-12H,1-3,8-9,13H2,(H,26,29)/b7-4+. The Morgan fingerprint density at radius 2 is 1.79 bits per heavy atom. The Labute approximate surface area is 186 Å². The van der Waals surface area contributed by atoms with Gasteiger partial charge in [0.2, 0.25) is 12.7 Å². The van der Waals surface area contributed by atoms with Gasteiger partial charge in [-0.1, -0.05) is 0 Å². The molecule has 0 radical (unpaired) electrons. The number of piperidine rings is 1. The minimum absolute atomic E-state index is 0.0292. The number of halogens is 3. The molecular formula is C22H20F3N3O5. The molecule has 1 N–H and O–H groups in total. The SMILES string of the molecule is O=C(/C=C/c1cc2c(cc1[N+](=O)[O-])OCO2)Nc1cc(C(F)(F)F)ccc1N1CCCCC1. The molecule has 0 atom stereocenters. The van der Waals surface area contributed by atoms with Gasteiger partial charge in [0.05, 0.1) is 33.5 Å². The number of nitrogens with zero attached hydrogens (tertiary/aromatic N) is 2. The quantitative estimate of drug-likeness (QED) is 0.382. The molecule has 2 heterocycles. The minimum atomic E-state index is -4.57. The van der Waals surface area contributed by atoms with Gasteiger partial charge in [0.25, 0.3) is 5.69 Å². The van der Waals surface area contributed by atoms with Crippen LogP contribution in [0.15, 0.2) is 36.4 Å². The Balaban J connectivity index is 1.60. The third-order valence-electron chi connectivity index (χ3n) is 5.41. The summed E-state index contributed by atoms with van der Waals surface area (Å²) in [5.41, 5.74) is -0.551. The Morgan fingerprint density at radius 1 is 1.09 bits per heavy atom. The topological polar surface area (TPSA) is 93.9 Å². The summed E-state index contributed by atoms with van der Waals surface area (Å²) in [7, 11) is 0.